The van der Waals surface area contributed by atoms with E-state index in [2.05, 4.69) is 20.7 Å². The first kappa shape index (κ1) is 19.5. The molecule has 9 heteroatoms. The van der Waals surface area contributed by atoms with Crippen LogP contribution in [0.4, 0.5) is 30.2 Å². The van der Waals surface area contributed by atoms with Gasteiger partial charge in [-0.15, -0.1) is 13.2 Å². The summed E-state index contributed by atoms with van der Waals surface area (Å²) in [6.07, 6.45) is -4.92. The fraction of sp³-hybridized carbons (Fsp3) is 0.263. The molecule has 6 nitrogen and oxygen atoms in total. The van der Waals surface area contributed by atoms with Gasteiger partial charge in [-0.3, -0.25) is 9.59 Å². The predicted octanol–water partition coefficient (Wildman–Crippen LogP) is 3.96. The number of anilines is 3. The number of aryl methyl sites for hydroxylation is 2. The fourth-order valence-corrected chi connectivity index (χ4v) is 2.79. The summed E-state index contributed by atoms with van der Waals surface area (Å²) < 4.78 is 40.3. The molecule has 0 radical (unpaired) electrons. The van der Waals surface area contributed by atoms with Gasteiger partial charge < -0.3 is 20.7 Å². The van der Waals surface area contributed by atoms with Crippen LogP contribution in [-0.4, -0.2) is 24.2 Å². The van der Waals surface area contributed by atoms with Crippen molar-refractivity contribution >= 4 is 28.9 Å². The molecule has 3 N–H and O–H groups in total. The van der Waals surface area contributed by atoms with Crippen LogP contribution >= 0.6 is 0 Å². The Hall–Kier alpha value is -3.23. The summed E-state index contributed by atoms with van der Waals surface area (Å²) in [5.74, 6) is -1.18. The molecule has 0 fully saturated rings. The highest BCUT2D eigenvalue weighted by molar-refractivity contribution is 6.06. The van der Waals surface area contributed by atoms with E-state index in [0.717, 1.165) is 28.9 Å². The van der Waals surface area contributed by atoms with Crippen LogP contribution in [0.3, 0.4) is 0 Å². The Kier molecular flexibility index (Phi) is 5.17. The van der Waals surface area contributed by atoms with E-state index >= 15 is 0 Å². The number of rotatable bonds is 4. The second-order valence-electron chi connectivity index (χ2n) is 6.49. The monoisotopic (exact) mass is 393 g/mol. The summed E-state index contributed by atoms with van der Waals surface area (Å²) in [4.78, 5) is 24.5. The molecule has 2 aromatic rings. The Labute approximate surface area is 159 Å². The number of benzene rings is 2. The number of hydrogen-bond donors (Lipinski definition) is 3. The molecule has 1 heterocycles. The number of hydrogen-bond acceptors (Lipinski definition) is 4. The molecule has 1 atom stereocenters. The molecule has 148 valence electrons. The van der Waals surface area contributed by atoms with Crippen LogP contribution in [-0.2, 0) is 9.59 Å². The molecule has 0 aliphatic carbocycles. The SMILES string of the molecule is Cc1cc2c(cc1C)N[C@@H](CC(=O)Nc1ccc(OC(F)(F)F)cc1)C(=O)N2. The van der Waals surface area contributed by atoms with Crippen molar-refractivity contribution in [1.29, 1.82) is 0 Å². The average molecular weight is 393 g/mol. The summed E-state index contributed by atoms with van der Waals surface area (Å²) in [6.45, 7) is 3.88. The lowest BCUT2D eigenvalue weighted by Gasteiger charge is -2.27. The third-order valence-electron chi connectivity index (χ3n) is 4.30. The first-order valence-electron chi connectivity index (χ1n) is 8.45. The number of nitrogens with one attached hydrogen (secondary N) is 3. The minimum Gasteiger partial charge on any atom is -0.406 e. The van der Waals surface area contributed by atoms with Gasteiger partial charge in [-0.2, -0.15) is 0 Å². The smallest absolute Gasteiger partial charge is 0.406 e. The first-order valence-corrected chi connectivity index (χ1v) is 8.45. The molecule has 2 amide bonds. The molecule has 0 saturated carbocycles. The van der Waals surface area contributed by atoms with Crippen molar-refractivity contribution in [3.8, 4) is 5.75 Å². The molecule has 0 aromatic heterocycles. The van der Waals surface area contributed by atoms with Gasteiger partial charge in [-0.1, -0.05) is 0 Å². The highest BCUT2D eigenvalue weighted by atomic mass is 19.4. The van der Waals surface area contributed by atoms with Gasteiger partial charge in [-0.25, -0.2) is 0 Å². The van der Waals surface area contributed by atoms with Crippen LogP contribution in [0, 0.1) is 13.8 Å². The molecule has 2 aromatic carbocycles. The van der Waals surface area contributed by atoms with E-state index in [4.69, 9.17) is 0 Å². The molecule has 0 saturated heterocycles. The van der Waals surface area contributed by atoms with E-state index < -0.39 is 18.3 Å². The maximum Gasteiger partial charge on any atom is 0.573 e. The van der Waals surface area contributed by atoms with Gasteiger partial charge in [0.2, 0.25) is 11.8 Å². The minimum atomic E-state index is -4.78. The first-order chi connectivity index (χ1) is 13.1. The van der Waals surface area contributed by atoms with Gasteiger partial charge in [0.1, 0.15) is 11.8 Å². The molecule has 0 spiro atoms. The number of fused-ring (bicyclic) bond motifs is 1. The Balaban J connectivity index is 1.61. The Bertz CT molecular complexity index is 911. The van der Waals surface area contributed by atoms with Gasteiger partial charge >= 0.3 is 6.36 Å². The summed E-state index contributed by atoms with van der Waals surface area (Å²) in [6, 6.07) is 7.75. The zero-order valence-electron chi connectivity index (χ0n) is 15.1. The zero-order valence-corrected chi connectivity index (χ0v) is 15.1. The molecule has 0 bridgehead atoms. The number of carbonyl (C=O) groups is 2. The lowest BCUT2D eigenvalue weighted by atomic mass is 10.0. The van der Waals surface area contributed by atoms with Crippen LogP contribution in [0.2, 0.25) is 0 Å². The Morgan fingerprint density at radius 3 is 2.32 bits per heavy atom. The fourth-order valence-electron chi connectivity index (χ4n) is 2.79. The number of ether oxygens (including phenoxy) is 1. The summed E-state index contributed by atoms with van der Waals surface area (Å²) in [5, 5.41) is 8.37. The van der Waals surface area contributed by atoms with Crippen LogP contribution in [0.1, 0.15) is 17.5 Å². The topological polar surface area (TPSA) is 79.5 Å². The lowest BCUT2D eigenvalue weighted by Crippen LogP contribution is -2.41. The Morgan fingerprint density at radius 2 is 1.71 bits per heavy atom. The van der Waals surface area contributed by atoms with Crippen LogP contribution in [0.25, 0.3) is 0 Å². The zero-order chi connectivity index (χ0) is 20.5. The van der Waals surface area contributed by atoms with Gasteiger partial charge in [0.15, 0.2) is 0 Å². The molecule has 1 aliphatic heterocycles. The van der Waals surface area contributed by atoms with E-state index in [1.807, 2.05) is 26.0 Å². The molecule has 28 heavy (non-hydrogen) atoms. The highest BCUT2D eigenvalue weighted by Gasteiger charge is 2.31. The van der Waals surface area contributed by atoms with Crippen molar-refractivity contribution in [2.24, 2.45) is 0 Å². The predicted molar refractivity (Wildman–Crippen MR) is 98.3 cm³/mol. The van der Waals surface area contributed by atoms with Crippen molar-refractivity contribution in [2.75, 3.05) is 16.0 Å². The van der Waals surface area contributed by atoms with Crippen LogP contribution < -0.4 is 20.7 Å². The average Bonchev–Trinajstić information content (AvgIpc) is 2.58. The van der Waals surface area contributed by atoms with Crippen molar-refractivity contribution in [3.63, 3.8) is 0 Å². The highest BCUT2D eigenvalue weighted by Crippen LogP contribution is 2.30. The molecule has 0 unspecified atom stereocenters. The standard InChI is InChI=1S/C19H18F3N3O3/c1-10-7-14-15(8-11(10)2)25-18(27)16(24-14)9-17(26)23-12-3-5-13(6-4-12)28-19(20,21)22/h3-8,16,24H,9H2,1-2H3,(H,23,26)(H,25,27)/t16-/m0/s1. The Morgan fingerprint density at radius 1 is 1.11 bits per heavy atom. The van der Waals surface area contributed by atoms with Crippen molar-refractivity contribution in [1.82, 2.24) is 0 Å². The van der Waals surface area contributed by atoms with E-state index in [0.29, 0.717) is 11.4 Å². The molecular weight excluding hydrogens is 375 g/mol. The quantitative estimate of drug-likeness (QED) is 0.735. The van der Waals surface area contributed by atoms with Crippen molar-refractivity contribution in [2.45, 2.75) is 32.7 Å². The largest absolute Gasteiger partial charge is 0.573 e. The third-order valence-corrected chi connectivity index (χ3v) is 4.30. The van der Waals surface area contributed by atoms with Crippen molar-refractivity contribution in [3.05, 3.63) is 47.5 Å². The number of halogens is 3. The number of alkyl halides is 3. The molecule has 3 rings (SSSR count). The maximum absolute atomic E-state index is 12.2. The van der Waals surface area contributed by atoms with Crippen LogP contribution in [0.15, 0.2) is 36.4 Å². The maximum atomic E-state index is 12.2. The summed E-state index contributed by atoms with van der Waals surface area (Å²) in [5.41, 5.74) is 3.77. The number of amides is 2. The van der Waals surface area contributed by atoms with E-state index in [1.54, 1.807) is 0 Å². The van der Waals surface area contributed by atoms with E-state index in [1.165, 1.54) is 12.1 Å². The minimum absolute atomic E-state index is 0.140. The third kappa shape index (κ3) is 4.73. The van der Waals surface area contributed by atoms with Gasteiger partial charge in [-0.05, 0) is 61.4 Å². The summed E-state index contributed by atoms with van der Waals surface area (Å²) >= 11 is 0. The molecule has 1 aliphatic rings. The van der Waals surface area contributed by atoms with Crippen LogP contribution in [0.5, 0.6) is 5.75 Å². The van der Waals surface area contributed by atoms with Gasteiger partial charge in [0, 0.05) is 5.69 Å². The summed E-state index contributed by atoms with van der Waals surface area (Å²) in [7, 11) is 0. The normalized spacial score (nSPS) is 15.9. The van der Waals surface area contributed by atoms with Gasteiger partial charge in [0.05, 0.1) is 17.8 Å². The number of carbonyl (C=O) groups excluding carboxylic acids is 2. The lowest BCUT2D eigenvalue weighted by molar-refractivity contribution is -0.274. The molecular formula is C19H18F3N3O3. The second kappa shape index (κ2) is 7.41. The van der Waals surface area contributed by atoms with E-state index in [-0.39, 0.29) is 18.1 Å². The van der Waals surface area contributed by atoms with E-state index in [9.17, 15) is 22.8 Å². The van der Waals surface area contributed by atoms with Gasteiger partial charge in [0.25, 0.3) is 0 Å². The second-order valence-corrected chi connectivity index (χ2v) is 6.49. The van der Waals surface area contributed by atoms with Crippen molar-refractivity contribution < 1.29 is 27.5 Å².